The van der Waals surface area contributed by atoms with Gasteiger partial charge in [-0.2, -0.15) is 0 Å². The first-order valence-electron chi connectivity index (χ1n) is 7.33. The van der Waals surface area contributed by atoms with E-state index in [9.17, 15) is 0 Å². The van der Waals surface area contributed by atoms with Crippen LogP contribution in [0.3, 0.4) is 0 Å². The number of nitrogens with zero attached hydrogens (tertiary/aromatic N) is 1. The van der Waals surface area contributed by atoms with Crippen molar-refractivity contribution in [1.29, 1.82) is 0 Å². The quantitative estimate of drug-likeness (QED) is 0.840. The summed E-state index contributed by atoms with van der Waals surface area (Å²) in [5.74, 6) is 3.41. The van der Waals surface area contributed by atoms with Crippen molar-refractivity contribution in [3.8, 4) is 0 Å². The molecule has 0 unspecified atom stereocenters. The van der Waals surface area contributed by atoms with Gasteiger partial charge in [0.05, 0.1) is 5.69 Å². The molecule has 0 aromatic carbocycles. The van der Waals surface area contributed by atoms with E-state index in [1.807, 2.05) is 13.8 Å². The summed E-state index contributed by atoms with van der Waals surface area (Å²) in [6.07, 6.45) is 5.75. The average Bonchev–Trinajstić information content (AvgIpc) is 3.21. The normalized spacial score (nSPS) is 21.6. The Balaban J connectivity index is 1.58. The van der Waals surface area contributed by atoms with Gasteiger partial charge in [0, 0.05) is 18.2 Å². The summed E-state index contributed by atoms with van der Waals surface area (Å²) in [7, 11) is 0. The number of aryl methyl sites for hydroxylation is 2. The lowest BCUT2D eigenvalue weighted by molar-refractivity contribution is 0.388. The maximum Gasteiger partial charge on any atom is 0.137 e. The molecule has 3 nitrogen and oxygen atoms in total. The van der Waals surface area contributed by atoms with Crippen molar-refractivity contribution in [2.24, 2.45) is 11.8 Å². The summed E-state index contributed by atoms with van der Waals surface area (Å²) in [5, 5.41) is 7.87. The van der Waals surface area contributed by atoms with Gasteiger partial charge in [-0.25, -0.2) is 0 Å². The van der Waals surface area contributed by atoms with Crippen LogP contribution in [0.15, 0.2) is 4.52 Å². The topological polar surface area (TPSA) is 38.1 Å². The minimum Gasteiger partial charge on any atom is -0.361 e. The summed E-state index contributed by atoms with van der Waals surface area (Å²) >= 11 is 0. The molecule has 1 atom stereocenters. The van der Waals surface area contributed by atoms with Crippen LogP contribution in [0.25, 0.3) is 0 Å². The molecule has 0 amide bonds. The molecule has 0 saturated heterocycles. The third-order valence-electron chi connectivity index (χ3n) is 4.50. The third-order valence-corrected chi connectivity index (χ3v) is 4.50. The number of nitrogens with one attached hydrogen (secondary N) is 1. The van der Waals surface area contributed by atoms with Crippen LogP contribution in [-0.4, -0.2) is 17.7 Å². The van der Waals surface area contributed by atoms with Gasteiger partial charge in [0.1, 0.15) is 5.76 Å². The molecule has 0 bridgehead atoms. The minimum atomic E-state index is 0.497. The number of hydrogen-bond acceptors (Lipinski definition) is 3. The van der Waals surface area contributed by atoms with Crippen LogP contribution in [0.2, 0.25) is 0 Å². The molecule has 0 aliphatic heterocycles. The van der Waals surface area contributed by atoms with Gasteiger partial charge in [-0.15, -0.1) is 0 Å². The monoisotopic (exact) mass is 248 g/mol. The Hall–Kier alpha value is -0.830. The van der Waals surface area contributed by atoms with E-state index >= 15 is 0 Å². The van der Waals surface area contributed by atoms with Gasteiger partial charge in [-0.3, -0.25) is 0 Å². The number of aromatic nitrogens is 1. The van der Waals surface area contributed by atoms with Crippen molar-refractivity contribution in [2.75, 3.05) is 6.54 Å². The summed E-state index contributed by atoms with van der Waals surface area (Å²) in [4.78, 5) is 0. The molecule has 3 rings (SSSR count). The summed E-state index contributed by atoms with van der Waals surface area (Å²) in [6, 6.07) is 0.785. The second kappa shape index (κ2) is 4.69. The predicted molar refractivity (Wildman–Crippen MR) is 71.6 cm³/mol. The molecule has 0 radical (unpaired) electrons. The highest BCUT2D eigenvalue weighted by Crippen LogP contribution is 2.44. The second-order valence-electron chi connectivity index (χ2n) is 6.25. The molecular weight excluding hydrogens is 224 g/mol. The van der Waals surface area contributed by atoms with Gasteiger partial charge in [0.2, 0.25) is 0 Å². The zero-order valence-corrected chi connectivity index (χ0v) is 11.7. The van der Waals surface area contributed by atoms with Crippen molar-refractivity contribution in [1.82, 2.24) is 10.5 Å². The zero-order chi connectivity index (χ0) is 12.7. The highest BCUT2D eigenvalue weighted by atomic mass is 16.5. The number of rotatable bonds is 6. The van der Waals surface area contributed by atoms with Crippen molar-refractivity contribution in [3.63, 3.8) is 0 Å². The maximum atomic E-state index is 5.27. The Kier molecular flexibility index (Phi) is 3.18. The predicted octanol–water partition coefficient (Wildman–Crippen LogP) is 3.17. The smallest absolute Gasteiger partial charge is 0.137 e. The molecule has 1 N–H and O–H groups in total. The first-order valence-corrected chi connectivity index (χ1v) is 7.33. The van der Waals surface area contributed by atoms with Gasteiger partial charge in [-0.1, -0.05) is 12.1 Å². The lowest BCUT2D eigenvalue weighted by atomic mass is 9.98. The molecule has 100 valence electrons. The van der Waals surface area contributed by atoms with Crippen LogP contribution in [0.4, 0.5) is 0 Å². The summed E-state index contributed by atoms with van der Waals surface area (Å²) in [5.41, 5.74) is 2.35. The van der Waals surface area contributed by atoms with Crippen LogP contribution >= 0.6 is 0 Å². The fourth-order valence-electron chi connectivity index (χ4n) is 3.24. The first kappa shape index (κ1) is 12.2. The Morgan fingerprint density at radius 2 is 1.83 bits per heavy atom. The molecule has 2 fully saturated rings. The molecule has 0 spiro atoms. The van der Waals surface area contributed by atoms with E-state index in [2.05, 4.69) is 17.4 Å². The van der Waals surface area contributed by atoms with E-state index in [0.717, 1.165) is 35.9 Å². The molecule has 2 saturated carbocycles. The van der Waals surface area contributed by atoms with Crippen LogP contribution < -0.4 is 5.32 Å². The van der Waals surface area contributed by atoms with Crippen LogP contribution in [0.5, 0.6) is 0 Å². The highest BCUT2D eigenvalue weighted by Gasteiger charge is 2.41. The summed E-state index contributed by atoms with van der Waals surface area (Å²) < 4.78 is 5.27. The molecule has 1 heterocycles. The molecular formula is C15H24N2O. The molecule has 2 aliphatic carbocycles. The van der Waals surface area contributed by atoms with Gasteiger partial charge in [-0.05, 0) is 57.3 Å². The fourth-order valence-corrected chi connectivity index (χ4v) is 3.24. The highest BCUT2D eigenvalue weighted by molar-refractivity contribution is 5.25. The van der Waals surface area contributed by atoms with E-state index < -0.39 is 0 Å². The largest absolute Gasteiger partial charge is 0.361 e. The average molecular weight is 248 g/mol. The maximum absolute atomic E-state index is 5.27. The lowest BCUT2D eigenvalue weighted by Gasteiger charge is -2.20. The third kappa shape index (κ3) is 2.46. The fraction of sp³-hybridized carbons (Fsp3) is 0.800. The lowest BCUT2D eigenvalue weighted by Crippen LogP contribution is -2.35. The van der Waals surface area contributed by atoms with E-state index in [1.54, 1.807) is 0 Å². The molecule has 1 aromatic rings. The van der Waals surface area contributed by atoms with Crippen molar-refractivity contribution in [2.45, 2.75) is 58.4 Å². The Bertz CT molecular complexity index is 387. The van der Waals surface area contributed by atoms with Gasteiger partial charge in [0.25, 0.3) is 0 Å². The minimum absolute atomic E-state index is 0.497. The molecule has 18 heavy (non-hydrogen) atoms. The van der Waals surface area contributed by atoms with Gasteiger partial charge in [0.15, 0.2) is 0 Å². The van der Waals surface area contributed by atoms with Crippen LogP contribution in [0.1, 0.15) is 55.5 Å². The zero-order valence-electron chi connectivity index (χ0n) is 11.7. The molecule has 2 aliphatic rings. The van der Waals surface area contributed by atoms with Crippen LogP contribution in [0, 0.1) is 25.7 Å². The van der Waals surface area contributed by atoms with Crippen molar-refractivity contribution in [3.05, 3.63) is 17.0 Å². The van der Waals surface area contributed by atoms with Crippen molar-refractivity contribution < 1.29 is 4.52 Å². The van der Waals surface area contributed by atoms with Gasteiger partial charge >= 0.3 is 0 Å². The van der Waals surface area contributed by atoms with E-state index in [0.29, 0.717) is 5.92 Å². The molecule has 3 heteroatoms. The van der Waals surface area contributed by atoms with E-state index in [4.69, 9.17) is 4.52 Å². The number of hydrogen-bond donors (Lipinski definition) is 1. The SMILES string of the molecule is Cc1noc(C)c1[C@H](C)CNC(C1CC1)C1CC1. The Morgan fingerprint density at radius 3 is 2.28 bits per heavy atom. The van der Waals surface area contributed by atoms with E-state index in [-0.39, 0.29) is 0 Å². The Morgan fingerprint density at radius 1 is 1.22 bits per heavy atom. The molecule has 1 aromatic heterocycles. The first-order chi connectivity index (χ1) is 8.66. The summed E-state index contributed by atoms with van der Waals surface area (Å²) in [6.45, 7) is 7.39. The van der Waals surface area contributed by atoms with Crippen molar-refractivity contribution >= 4 is 0 Å². The van der Waals surface area contributed by atoms with E-state index in [1.165, 1.54) is 31.2 Å². The Labute approximate surface area is 109 Å². The standard InChI is InChI=1S/C15H24N2O/c1-9(14-10(2)17-18-11(14)3)8-16-15(12-4-5-12)13-6-7-13/h9,12-13,15-16H,4-8H2,1-3H3/t9-/m1/s1. The van der Waals surface area contributed by atoms with Gasteiger partial charge < -0.3 is 9.84 Å². The van der Waals surface area contributed by atoms with Crippen LogP contribution in [-0.2, 0) is 0 Å². The second-order valence-corrected chi connectivity index (χ2v) is 6.25.